The van der Waals surface area contributed by atoms with Crippen LogP contribution in [0.3, 0.4) is 0 Å². The van der Waals surface area contributed by atoms with Crippen molar-refractivity contribution in [2.75, 3.05) is 24.3 Å². The number of aromatic nitrogens is 1. The van der Waals surface area contributed by atoms with Crippen LogP contribution in [-0.4, -0.2) is 34.7 Å². The van der Waals surface area contributed by atoms with Crippen molar-refractivity contribution in [3.63, 3.8) is 0 Å². The molecule has 0 saturated heterocycles. The molecule has 1 aromatic heterocycles. The number of nitrogens with one attached hydrogen (secondary N) is 2. The van der Waals surface area contributed by atoms with Crippen molar-refractivity contribution in [1.29, 1.82) is 0 Å². The van der Waals surface area contributed by atoms with Gasteiger partial charge in [-0.2, -0.15) is 0 Å². The fourth-order valence-corrected chi connectivity index (χ4v) is 4.21. The third-order valence-electron chi connectivity index (χ3n) is 5.95. The molecule has 2 atom stereocenters. The third kappa shape index (κ3) is 5.65. The van der Waals surface area contributed by atoms with Gasteiger partial charge >= 0.3 is 0 Å². The number of hydrogen-bond donors (Lipinski definition) is 4. The van der Waals surface area contributed by atoms with Gasteiger partial charge in [-0.1, -0.05) is 54.6 Å². The number of anilines is 2. The van der Waals surface area contributed by atoms with E-state index < -0.39 is 12.0 Å². The molecule has 6 nitrogen and oxygen atoms in total. The smallest absolute Gasteiger partial charge is 0.127 e. The molecule has 34 heavy (non-hydrogen) atoms. The molecule has 0 aliphatic carbocycles. The molecule has 0 spiro atoms. The molecular formula is C28H33N3O3. The molecule has 4 N–H and O–H groups in total. The number of nitrogens with zero attached hydrogens (tertiary/aromatic N) is 1. The van der Waals surface area contributed by atoms with E-state index in [-0.39, 0.29) is 0 Å². The minimum Gasteiger partial charge on any atom is -0.400 e. The number of rotatable bonds is 9. The minimum atomic E-state index is -0.847. The van der Waals surface area contributed by atoms with Crippen molar-refractivity contribution in [3.05, 3.63) is 95.7 Å². The average molecular weight is 460 g/mol. The van der Waals surface area contributed by atoms with Gasteiger partial charge in [0.25, 0.3) is 0 Å². The van der Waals surface area contributed by atoms with E-state index in [4.69, 9.17) is 5.11 Å². The molecule has 0 aliphatic rings. The lowest BCUT2D eigenvalue weighted by Crippen LogP contribution is -2.23. The Hall–Kier alpha value is -3.61. The van der Waals surface area contributed by atoms with Gasteiger partial charge in [-0.3, -0.25) is 0 Å². The van der Waals surface area contributed by atoms with Gasteiger partial charge in [0.2, 0.25) is 0 Å². The number of aliphatic hydroxyl groups excluding tert-OH is 2. The molecule has 3 aromatic carbocycles. The summed E-state index contributed by atoms with van der Waals surface area (Å²) < 4.78 is 2.16. The summed E-state index contributed by atoms with van der Waals surface area (Å²) in [6.45, 7) is 3.16. The van der Waals surface area contributed by atoms with Crippen LogP contribution in [0.2, 0.25) is 0 Å². The van der Waals surface area contributed by atoms with E-state index in [0.29, 0.717) is 13.1 Å². The molecule has 6 heteroatoms. The second kappa shape index (κ2) is 12.0. The Kier molecular flexibility index (Phi) is 8.85. The van der Waals surface area contributed by atoms with Crippen LogP contribution in [-0.2, 0) is 18.4 Å². The Morgan fingerprint density at radius 3 is 2.24 bits per heavy atom. The fraction of sp³-hybridized carbons (Fsp3) is 0.250. The molecule has 0 amide bonds. The Balaban J connectivity index is 0.00000158. The first-order chi connectivity index (χ1) is 16.6. The first-order valence-corrected chi connectivity index (χ1v) is 11.3. The molecule has 0 saturated carbocycles. The highest BCUT2D eigenvalue weighted by atomic mass is 16.3. The van der Waals surface area contributed by atoms with Crippen molar-refractivity contribution < 1.29 is 15.0 Å². The maximum Gasteiger partial charge on any atom is 0.127 e. The van der Waals surface area contributed by atoms with E-state index >= 15 is 0 Å². The molecule has 2 unspecified atom stereocenters. The highest BCUT2D eigenvalue weighted by Crippen LogP contribution is 2.28. The SMILES string of the molecule is CO.Cc1cccc2c1c(CNc1ccccc1NCC(C=O)C(O)c1ccccc1)cn2C. The number of fused-ring (bicyclic) bond motifs is 1. The lowest BCUT2D eigenvalue weighted by atomic mass is 9.97. The van der Waals surface area contributed by atoms with Gasteiger partial charge in [0.05, 0.1) is 23.4 Å². The molecule has 178 valence electrons. The summed E-state index contributed by atoms with van der Waals surface area (Å²) >= 11 is 0. The second-order valence-electron chi connectivity index (χ2n) is 8.17. The molecule has 0 fully saturated rings. The number of aldehydes is 1. The number of aliphatic hydroxyl groups is 2. The second-order valence-corrected chi connectivity index (χ2v) is 8.17. The van der Waals surface area contributed by atoms with E-state index in [9.17, 15) is 9.90 Å². The van der Waals surface area contributed by atoms with E-state index in [1.54, 1.807) is 0 Å². The van der Waals surface area contributed by atoms with Crippen molar-refractivity contribution >= 4 is 28.6 Å². The van der Waals surface area contributed by atoms with Crippen LogP contribution in [0.1, 0.15) is 22.8 Å². The van der Waals surface area contributed by atoms with Crippen molar-refractivity contribution in [2.45, 2.75) is 19.6 Å². The van der Waals surface area contributed by atoms with E-state index in [1.165, 1.54) is 22.0 Å². The molecule has 4 aromatic rings. The van der Waals surface area contributed by atoms with Gasteiger partial charge < -0.3 is 30.2 Å². The molecule has 4 rings (SSSR count). The summed E-state index contributed by atoms with van der Waals surface area (Å²) in [6.07, 6.45) is 2.14. The normalized spacial score (nSPS) is 12.4. The molecule has 0 aliphatic heterocycles. The number of carbonyl (C=O) groups excluding carboxylic acids is 1. The molecule has 1 heterocycles. The predicted molar refractivity (Wildman–Crippen MR) is 139 cm³/mol. The number of carbonyl (C=O) groups is 1. The van der Waals surface area contributed by atoms with Crippen LogP contribution >= 0.6 is 0 Å². The Morgan fingerprint density at radius 1 is 0.912 bits per heavy atom. The Labute approximate surface area is 200 Å². The highest BCUT2D eigenvalue weighted by Gasteiger charge is 2.20. The highest BCUT2D eigenvalue weighted by molar-refractivity contribution is 5.87. The lowest BCUT2D eigenvalue weighted by molar-refractivity contribution is -0.113. The van der Waals surface area contributed by atoms with Crippen LogP contribution in [0, 0.1) is 12.8 Å². The van der Waals surface area contributed by atoms with E-state index in [1.807, 2.05) is 54.6 Å². The average Bonchev–Trinajstić information content (AvgIpc) is 3.22. The minimum absolute atomic E-state index is 0.339. The molecule has 0 radical (unpaired) electrons. The molecule has 0 bridgehead atoms. The maximum atomic E-state index is 11.7. The van der Waals surface area contributed by atoms with Crippen LogP contribution in [0.25, 0.3) is 10.9 Å². The maximum absolute atomic E-state index is 11.7. The van der Waals surface area contributed by atoms with Gasteiger partial charge in [0, 0.05) is 44.3 Å². The van der Waals surface area contributed by atoms with Crippen molar-refractivity contribution in [3.8, 4) is 0 Å². The van der Waals surface area contributed by atoms with Gasteiger partial charge in [-0.05, 0) is 41.8 Å². The zero-order valence-corrected chi connectivity index (χ0v) is 19.9. The summed E-state index contributed by atoms with van der Waals surface area (Å²) in [6, 6.07) is 23.6. The van der Waals surface area contributed by atoms with Gasteiger partial charge in [-0.25, -0.2) is 0 Å². The summed E-state index contributed by atoms with van der Waals surface area (Å²) in [5, 5.41) is 25.8. The monoisotopic (exact) mass is 459 g/mol. The van der Waals surface area contributed by atoms with Crippen molar-refractivity contribution in [2.24, 2.45) is 13.0 Å². The number of benzene rings is 3. The first-order valence-electron chi connectivity index (χ1n) is 11.3. The predicted octanol–water partition coefficient (Wildman–Crippen LogP) is 4.67. The number of hydrogen-bond acceptors (Lipinski definition) is 5. The van der Waals surface area contributed by atoms with Gasteiger partial charge in [0.15, 0.2) is 0 Å². The quantitative estimate of drug-likeness (QED) is 0.273. The van der Waals surface area contributed by atoms with Crippen LogP contribution in [0.4, 0.5) is 11.4 Å². The standard InChI is InChI=1S/C27H29N3O2.CH4O/c1-19-9-8-14-25-26(19)21(17-30(25)2)15-28-23-12-6-7-13-24(23)29-16-22(18-31)27(32)20-10-4-3-5-11-20;1-2/h3-14,17-18,22,27-29,32H,15-16H2,1-2H3;2H,1H3. The zero-order valence-electron chi connectivity index (χ0n) is 19.9. The summed E-state index contributed by atoms with van der Waals surface area (Å²) in [5.41, 5.74) is 6.31. The van der Waals surface area contributed by atoms with Crippen molar-refractivity contribution in [1.82, 2.24) is 4.57 Å². The largest absolute Gasteiger partial charge is 0.400 e. The van der Waals surface area contributed by atoms with Gasteiger partial charge in [-0.15, -0.1) is 0 Å². The lowest BCUT2D eigenvalue weighted by Gasteiger charge is -2.20. The summed E-state index contributed by atoms with van der Waals surface area (Å²) in [5.74, 6) is -0.550. The Bertz CT molecular complexity index is 1200. The summed E-state index contributed by atoms with van der Waals surface area (Å²) in [4.78, 5) is 11.7. The summed E-state index contributed by atoms with van der Waals surface area (Å²) in [7, 11) is 3.07. The fourth-order valence-electron chi connectivity index (χ4n) is 4.21. The zero-order chi connectivity index (χ0) is 24.5. The molecular weight excluding hydrogens is 426 g/mol. The third-order valence-corrected chi connectivity index (χ3v) is 5.95. The van der Waals surface area contributed by atoms with E-state index in [0.717, 1.165) is 30.3 Å². The Morgan fingerprint density at radius 2 is 1.56 bits per heavy atom. The number of para-hydroxylation sites is 2. The first kappa shape index (κ1) is 25.0. The van der Waals surface area contributed by atoms with Crippen LogP contribution in [0.15, 0.2) is 79.0 Å². The van der Waals surface area contributed by atoms with Crippen LogP contribution < -0.4 is 10.6 Å². The number of aryl methyl sites for hydroxylation is 2. The topological polar surface area (TPSA) is 86.5 Å². The van der Waals surface area contributed by atoms with E-state index in [2.05, 4.69) is 53.6 Å². The van der Waals surface area contributed by atoms with Gasteiger partial charge in [0.1, 0.15) is 6.29 Å². The van der Waals surface area contributed by atoms with Crippen LogP contribution in [0.5, 0.6) is 0 Å².